The SMILES string of the molecule is O=C(c1ccccc1)[C@@](O)(Cc1ccccc1)c1ccccc1. The van der Waals surface area contributed by atoms with Crippen LogP contribution in [-0.4, -0.2) is 10.9 Å². The molecule has 23 heavy (non-hydrogen) atoms. The Kier molecular flexibility index (Phi) is 4.35. The monoisotopic (exact) mass is 302 g/mol. The molecule has 1 atom stereocenters. The van der Waals surface area contributed by atoms with Crippen molar-refractivity contribution in [3.05, 3.63) is 108 Å². The summed E-state index contributed by atoms with van der Waals surface area (Å²) in [7, 11) is 0. The van der Waals surface area contributed by atoms with Gasteiger partial charge in [0.05, 0.1) is 0 Å². The maximum Gasteiger partial charge on any atom is 0.199 e. The van der Waals surface area contributed by atoms with Gasteiger partial charge in [-0.1, -0.05) is 91.0 Å². The zero-order valence-electron chi connectivity index (χ0n) is 12.7. The number of aliphatic hydroxyl groups is 1. The molecule has 0 radical (unpaired) electrons. The van der Waals surface area contributed by atoms with Gasteiger partial charge in [-0.3, -0.25) is 4.79 Å². The van der Waals surface area contributed by atoms with Crippen molar-refractivity contribution in [2.45, 2.75) is 12.0 Å². The number of hydrogen-bond donors (Lipinski definition) is 1. The van der Waals surface area contributed by atoms with Crippen LogP contribution in [0.3, 0.4) is 0 Å². The van der Waals surface area contributed by atoms with Crippen LogP contribution in [0.1, 0.15) is 21.5 Å². The molecule has 0 bridgehead atoms. The van der Waals surface area contributed by atoms with E-state index in [4.69, 9.17) is 0 Å². The van der Waals surface area contributed by atoms with Crippen molar-refractivity contribution in [1.29, 1.82) is 0 Å². The first-order valence-electron chi connectivity index (χ1n) is 7.62. The maximum atomic E-state index is 13.0. The number of hydrogen-bond acceptors (Lipinski definition) is 2. The lowest BCUT2D eigenvalue weighted by Gasteiger charge is -2.27. The van der Waals surface area contributed by atoms with E-state index in [-0.39, 0.29) is 12.2 Å². The van der Waals surface area contributed by atoms with E-state index in [0.717, 1.165) is 5.56 Å². The minimum Gasteiger partial charge on any atom is -0.377 e. The Labute approximate surface area is 136 Å². The number of benzene rings is 3. The van der Waals surface area contributed by atoms with Crippen LogP contribution in [-0.2, 0) is 12.0 Å². The van der Waals surface area contributed by atoms with Gasteiger partial charge in [-0.05, 0) is 11.1 Å². The summed E-state index contributed by atoms with van der Waals surface area (Å²) in [6.45, 7) is 0. The Morgan fingerprint density at radius 3 is 1.78 bits per heavy atom. The average molecular weight is 302 g/mol. The maximum absolute atomic E-state index is 13.0. The van der Waals surface area contributed by atoms with Crippen molar-refractivity contribution in [3.63, 3.8) is 0 Å². The third-order valence-corrected chi connectivity index (χ3v) is 3.97. The quantitative estimate of drug-likeness (QED) is 0.723. The predicted octanol–water partition coefficient (Wildman–Crippen LogP) is 4.00. The minimum absolute atomic E-state index is 0.242. The number of carbonyl (C=O) groups is 1. The van der Waals surface area contributed by atoms with E-state index in [1.54, 1.807) is 36.4 Å². The summed E-state index contributed by atoms with van der Waals surface area (Å²) in [6, 6.07) is 27.7. The standard InChI is InChI=1S/C21H18O2/c22-20(18-12-6-2-7-13-18)21(23,19-14-8-3-9-15-19)16-17-10-4-1-5-11-17/h1-15,23H,16H2/t21-/m1/s1. The Bertz CT molecular complexity index is 767. The highest BCUT2D eigenvalue weighted by atomic mass is 16.3. The summed E-state index contributed by atoms with van der Waals surface area (Å²) < 4.78 is 0. The molecular formula is C21H18O2. The Morgan fingerprint density at radius 1 is 0.739 bits per heavy atom. The van der Waals surface area contributed by atoms with Crippen molar-refractivity contribution in [2.24, 2.45) is 0 Å². The molecule has 0 heterocycles. The highest BCUT2D eigenvalue weighted by Crippen LogP contribution is 2.30. The molecule has 0 fully saturated rings. The fourth-order valence-corrected chi connectivity index (χ4v) is 2.75. The van der Waals surface area contributed by atoms with Crippen molar-refractivity contribution < 1.29 is 9.90 Å². The molecular weight excluding hydrogens is 284 g/mol. The molecule has 3 aromatic carbocycles. The van der Waals surface area contributed by atoms with E-state index in [9.17, 15) is 9.90 Å². The van der Waals surface area contributed by atoms with Gasteiger partial charge < -0.3 is 5.11 Å². The smallest absolute Gasteiger partial charge is 0.199 e. The minimum atomic E-state index is -1.58. The van der Waals surface area contributed by atoms with Crippen LogP contribution in [0.25, 0.3) is 0 Å². The summed E-state index contributed by atoms with van der Waals surface area (Å²) in [4.78, 5) is 13.0. The summed E-state index contributed by atoms with van der Waals surface area (Å²) >= 11 is 0. The van der Waals surface area contributed by atoms with Crippen LogP contribution in [0.15, 0.2) is 91.0 Å². The fourth-order valence-electron chi connectivity index (χ4n) is 2.75. The molecule has 0 saturated heterocycles. The zero-order chi connectivity index (χ0) is 16.1. The van der Waals surface area contributed by atoms with Gasteiger partial charge in [-0.25, -0.2) is 0 Å². The highest BCUT2D eigenvalue weighted by Gasteiger charge is 2.38. The van der Waals surface area contributed by atoms with Crippen LogP contribution >= 0.6 is 0 Å². The van der Waals surface area contributed by atoms with E-state index in [2.05, 4.69) is 0 Å². The zero-order valence-corrected chi connectivity index (χ0v) is 12.7. The van der Waals surface area contributed by atoms with E-state index in [0.29, 0.717) is 11.1 Å². The fraction of sp³-hybridized carbons (Fsp3) is 0.0952. The predicted molar refractivity (Wildman–Crippen MR) is 91.3 cm³/mol. The Hall–Kier alpha value is -2.71. The van der Waals surface area contributed by atoms with E-state index in [1.165, 1.54) is 0 Å². The van der Waals surface area contributed by atoms with Crippen LogP contribution in [0.5, 0.6) is 0 Å². The molecule has 3 aromatic rings. The second kappa shape index (κ2) is 6.59. The van der Waals surface area contributed by atoms with Crippen LogP contribution < -0.4 is 0 Å². The normalized spacial score (nSPS) is 13.3. The van der Waals surface area contributed by atoms with Crippen molar-refractivity contribution >= 4 is 5.78 Å². The topological polar surface area (TPSA) is 37.3 Å². The lowest BCUT2D eigenvalue weighted by atomic mass is 9.81. The molecule has 0 aliphatic rings. The first kappa shape index (κ1) is 15.2. The van der Waals surface area contributed by atoms with Gasteiger partial charge in [-0.2, -0.15) is 0 Å². The molecule has 0 aliphatic carbocycles. The van der Waals surface area contributed by atoms with Gasteiger partial charge in [0.15, 0.2) is 11.4 Å². The first-order valence-corrected chi connectivity index (χ1v) is 7.62. The second-order valence-corrected chi connectivity index (χ2v) is 5.58. The molecule has 0 aromatic heterocycles. The van der Waals surface area contributed by atoms with Gasteiger partial charge in [0.2, 0.25) is 0 Å². The highest BCUT2D eigenvalue weighted by molar-refractivity contribution is 6.03. The van der Waals surface area contributed by atoms with Gasteiger partial charge in [-0.15, -0.1) is 0 Å². The number of ketones is 1. The summed E-state index contributed by atoms with van der Waals surface area (Å²) in [5.74, 6) is -0.284. The van der Waals surface area contributed by atoms with E-state index >= 15 is 0 Å². The van der Waals surface area contributed by atoms with E-state index in [1.807, 2.05) is 54.6 Å². The third-order valence-electron chi connectivity index (χ3n) is 3.97. The van der Waals surface area contributed by atoms with Crippen molar-refractivity contribution in [2.75, 3.05) is 0 Å². The molecule has 2 heteroatoms. The number of Topliss-reactive ketones (excluding diaryl/α,β-unsaturated/α-hetero) is 1. The second-order valence-electron chi connectivity index (χ2n) is 5.58. The largest absolute Gasteiger partial charge is 0.377 e. The molecule has 2 nitrogen and oxygen atoms in total. The van der Waals surface area contributed by atoms with Gasteiger partial charge in [0.25, 0.3) is 0 Å². The summed E-state index contributed by atoms with van der Waals surface area (Å²) in [5, 5.41) is 11.3. The van der Waals surface area contributed by atoms with Crippen molar-refractivity contribution in [1.82, 2.24) is 0 Å². The average Bonchev–Trinajstić information content (AvgIpc) is 2.63. The molecule has 0 unspecified atom stereocenters. The van der Waals surface area contributed by atoms with E-state index < -0.39 is 5.60 Å². The van der Waals surface area contributed by atoms with Crippen LogP contribution in [0, 0.1) is 0 Å². The Balaban J connectivity index is 2.05. The third kappa shape index (κ3) is 3.22. The van der Waals surface area contributed by atoms with Crippen LogP contribution in [0.2, 0.25) is 0 Å². The van der Waals surface area contributed by atoms with Gasteiger partial charge >= 0.3 is 0 Å². The van der Waals surface area contributed by atoms with Gasteiger partial charge in [0.1, 0.15) is 0 Å². The molecule has 1 N–H and O–H groups in total. The first-order chi connectivity index (χ1) is 11.2. The molecule has 0 saturated carbocycles. The molecule has 0 spiro atoms. The molecule has 0 aliphatic heterocycles. The summed E-state index contributed by atoms with van der Waals surface area (Å²) in [5.41, 5.74) is 0.458. The molecule has 3 rings (SSSR count). The lowest BCUT2D eigenvalue weighted by molar-refractivity contribution is 0.0299. The number of rotatable bonds is 5. The van der Waals surface area contributed by atoms with Crippen molar-refractivity contribution in [3.8, 4) is 0 Å². The number of carbonyl (C=O) groups excluding carboxylic acids is 1. The Morgan fingerprint density at radius 2 is 1.22 bits per heavy atom. The summed E-state index contributed by atoms with van der Waals surface area (Å²) in [6.07, 6.45) is 0.242. The van der Waals surface area contributed by atoms with Crippen LogP contribution in [0.4, 0.5) is 0 Å². The molecule has 114 valence electrons. The lowest BCUT2D eigenvalue weighted by Crippen LogP contribution is -2.38. The molecule has 0 amide bonds. The van der Waals surface area contributed by atoms with Gasteiger partial charge in [0, 0.05) is 12.0 Å².